The fourth-order valence-electron chi connectivity index (χ4n) is 4.98. The van der Waals surface area contributed by atoms with Crippen LogP contribution in [-0.4, -0.2) is 69.9 Å². The number of nitrogens with zero attached hydrogens (tertiary/aromatic N) is 4. The first-order chi connectivity index (χ1) is 15.4. The number of carbonyl (C=O) groups excluding carboxylic acids is 2. The lowest BCUT2D eigenvalue weighted by molar-refractivity contribution is -0.133. The summed E-state index contributed by atoms with van der Waals surface area (Å²) in [5.74, 6) is 0.277. The van der Waals surface area contributed by atoms with Crippen molar-refractivity contribution in [1.29, 1.82) is 0 Å². The number of carbonyl (C=O) groups is 2. The van der Waals surface area contributed by atoms with Gasteiger partial charge in [-0.2, -0.15) is 0 Å². The minimum atomic E-state index is -0.255. The summed E-state index contributed by atoms with van der Waals surface area (Å²) in [4.78, 5) is 48.5. The van der Waals surface area contributed by atoms with E-state index in [9.17, 15) is 14.4 Å². The van der Waals surface area contributed by atoms with Gasteiger partial charge in [-0.05, 0) is 57.2 Å². The molecule has 2 aromatic heterocycles. The molecule has 2 aliphatic heterocycles. The average molecular weight is 460 g/mol. The highest BCUT2D eigenvalue weighted by Gasteiger charge is 2.26. The fraction of sp³-hybridized carbons (Fsp3) is 0.652. The lowest BCUT2D eigenvalue weighted by Gasteiger charge is -2.31. The molecule has 2 saturated heterocycles. The number of likely N-dealkylation sites (N-methyl/N-ethyl adjacent to an activating group) is 1. The van der Waals surface area contributed by atoms with Gasteiger partial charge in [0.15, 0.2) is 0 Å². The van der Waals surface area contributed by atoms with Crippen LogP contribution >= 0.6 is 11.3 Å². The normalized spacial score (nSPS) is 21.9. The second-order valence-corrected chi connectivity index (χ2v) is 10.1. The van der Waals surface area contributed by atoms with E-state index in [1.165, 1.54) is 22.2 Å². The predicted molar refractivity (Wildman–Crippen MR) is 126 cm³/mol. The molecule has 9 heteroatoms. The zero-order valence-corrected chi connectivity index (χ0v) is 20.0. The Morgan fingerprint density at radius 3 is 2.78 bits per heavy atom. The van der Waals surface area contributed by atoms with E-state index in [1.807, 2.05) is 4.90 Å². The molecule has 2 aliphatic rings. The molecule has 174 valence electrons. The molecule has 1 N–H and O–H groups in total. The van der Waals surface area contributed by atoms with Crippen molar-refractivity contribution >= 4 is 33.4 Å². The molecule has 8 nitrogen and oxygen atoms in total. The average Bonchev–Trinajstić information content (AvgIpc) is 3.38. The van der Waals surface area contributed by atoms with E-state index in [2.05, 4.69) is 29.0 Å². The molecule has 2 unspecified atom stereocenters. The van der Waals surface area contributed by atoms with Crippen LogP contribution in [-0.2, 0) is 11.3 Å². The molecule has 32 heavy (non-hydrogen) atoms. The van der Waals surface area contributed by atoms with Gasteiger partial charge < -0.3 is 10.2 Å². The van der Waals surface area contributed by atoms with E-state index in [1.54, 1.807) is 6.92 Å². The monoisotopic (exact) mass is 459 g/mol. The van der Waals surface area contributed by atoms with Gasteiger partial charge >= 0.3 is 0 Å². The van der Waals surface area contributed by atoms with Gasteiger partial charge in [0.1, 0.15) is 11.4 Å². The van der Waals surface area contributed by atoms with Crippen molar-refractivity contribution in [2.75, 3.05) is 32.7 Å². The molecule has 0 spiro atoms. The fourth-order valence-corrected chi connectivity index (χ4v) is 6.04. The summed E-state index contributed by atoms with van der Waals surface area (Å²) in [6.07, 6.45) is 5.82. The minimum Gasteiger partial charge on any atom is -0.350 e. The summed E-state index contributed by atoms with van der Waals surface area (Å²) >= 11 is 1.25. The highest BCUT2D eigenvalue weighted by Crippen LogP contribution is 2.27. The largest absolute Gasteiger partial charge is 0.350 e. The molecule has 0 aliphatic carbocycles. The summed E-state index contributed by atoms with van der Waals surface area (Å²) < 4.78 is 1.38. The molecule has 4 heterocycles. The summed E-state index contributed by atoms with van der Waals surface area (Å²) in [7, 11) is 0. The minimum absolute atomic E-state index is 0.0140. The summed E-state index contributed by atoms with van der Waals surface area (Å²) in [6.45, 7) is 10.2. The standard InChI is InChI=1S/C23H33N5O3S/c1-4-26-9-6-8-17(26)11-24-21(30)20-16(3)19-22(32-20)25-14-28(23(19)31)13-18(29)27-10-5-7-15(2)12-27/h14-15,17H,4-13H2,1-3H3,(H,24,30). The molecule has 0 bridgehead atoms. The van der Waals surface area contributed by atoms with Gasteiger partial charge in [0.05, 0.1) is 16.6 Å². The molecule has 2 atom stereocenters. The molecule has 0 saturated carbocycles. The van der Waals surface area contributed by atoms with Crippen molar-refractivity contribution in [3.05, 3.63) is 27.1 Å². The van der Waals surface area contributed by atoms with Crippen molar-refractivity contribution in [2.24, 2.45) is 5.92 Å². The van der Waals surface area contributed by atoms with Gasteiger partial charge in [0.25, 0.3) is 11.5 Å². The number of likely N-dealkylation sites (tertiary alicyclic amines) is 2. The van der Waals surface area contributed by atoms with E-state index < -0.39 is 0 Å². The van der Waals surface area contributed by atoms with Crippen LogP contribution in [0, 0.1) is 12.8 Å². The number of aryl methyl sites for hydroxylation is 1. The SMILES string of the molecule is CCN1CCCC1CNC(=O)c1sc2ncn(CC(=O)N3CCCC(C)C3)c(=O)c2c1C. The zero-order valence-electron chi connectivity index (χ0n) is 19.2. The number of hydrogen-bond donors (Lipinski definition) is 1. The zero-order chi connectivity index (χ0) is 22.8. The second kappa shape index (κ2) is 9.70. The van der Waals surface area contributed by atoms with Crippen molar-refractivity contribution < 1.29 is 9.59 Å². The number of nitrogens with one attached hydrogen (secondary N) is 1. The third-order valence-corrected chi connectivity index (χ3v) is 8.04. The van der Waals surface area contributed by atoms with E-state index >= 15 is 0 Å². The predicted octanol–water partition coefficient (Wildman–Crippen LogP) is 2.24. The maximum absolute atomic E-state index is 13.1. The number of hydrogen-bond acceptors (Lipinski definition) is 6. The smallest absolute Gasteiger partial charge is 0.262 e. The second-order valence-electron chi connectivity index (χ2n) is 9.14. The first-order valence-electron chi connectivity index (χ1n) is 11.7. The number of rotatable bonds is 6. The van der Waals surface area contributed by atoms with Gasteiger partial charge in [0.2, 0.25) is 5.91 Å². The van der Waals surface area contributed by atoms with E-state index in [-0.39, 0.29) is 23.9 Å². The quantitative estimate of drug-likeness (QED) is 0.716. The summed E-state index contributed by atoms with van der Waals surface area (Å²) in [6, 6.07) is 0.373. The van der Waals surface area contributed by atoms with Crippen LogP contribution in [0.3, 0.4) is 0 Å². The van der Waals surface area contributed by atoms with Crippen molar-refractivity contribution in [2.45, 2.75) is 59.0 Å². The van der Waals surface area contributed by atoms with Crippen molar-refractivity contribution in [1.82, 2.24) is 24.7 Å². The molecule has 2 amide bonds. The van der Waals surface area contributed by atoms with Gasteiger partial charge in [-0.15, -0.1) is 11.3 Å². The topological polar surface area (TPSA) is 87.5 Å². The number of aromatic nitrogens is 2. The summed E-state index contributed by atoms with van der Waals surface area (Å²) in [5, 5.41) is 3.50. The van der Waals surface area contributed by atoms with Crippen LogP contribution in [0.2, 0.25) is 0 Å². The Morgan fingerprint density at radius 2 is 2.03 bits per heavy atom. The van der Waals surface area contributed by atoms with E-state index in [0.29, 0.717) is 39.2 Å². The van der Waals surface area contributed by atoms with Gasteiger partial charge in [-0.25, -0.2) is 4.98 Å². The van der Waals surface area contributed by atoms with Crippen molar-refractivity contribution in [3.8, 4) is 0 Å². The Labute approximate surface area is 192 Å². The van der Waals surface area contributed by atoms with Crippen LogP contribution in [0.25, 0.3) is 10.2 Å². The number of fused-ring (bicyclic) bond motifs is 1. The van der Waals surface area contributed by atoms with E-state index in [0.717, 1.165) is 51.9 Å². The lowest BCUT2D eigenvalue weighted by Crippen LogP contribution is -2.42. The Hall–Kier alpha value is -2.26. The molecular formula is C23H33N5O3S. The van der Waals surface area contributed by atoms with Gasteiger partial charge in [-0.1, -0.05) is 13.8 Å². The maximum atomic E-state index is 13.1. The van der Waals surface area contributed by atoms with Crippen LogP contribution in [0.1, 0.15) is 54.8 Å². The van der Waals surface area contributed by atoms with Crippen LogP contribution < -0.4 is 10.9 Å². The molecule has 2 fully saturated rings. The first kappa shape index (κ1) is 22.9. The Bertz CT molecular complexity index is 1060. The number of thiophene rings is 1. The number of amides is 2. The summed E-state index contributed by atoms with van der Waals surface area (Å²) in [5.41, 5.74) is 0.390. The first-order valence-corrected chi connectivity index (χ1v) is 12.5. The Kier molecular flexibility index (Phi) is 6.95. The Morgan fingerprint density at radius 1 is 1.25 bits per heavy atom. The Balaban J connectivity index is 1.50. The highest BCUT2D eigenvalue weighted by atomic mass is 32.1. The lowest BCUT2D eigenvalue weighted by atomic mass is 10.0. The third-order valence-electron chi connectivity index (χ3n) is 6.84. The maximum Gasteiger partial charge on any atom is 0.262 e. The number of piperidine rings is 1. The van der Waals surface area contributed by atoms with Gasteiger partial charge in [0, 0.05) is 25.7 Å². The highest BCUT2D eigenvalue weighted by molar-refractivity contribution is 7.20. The van der Waals surface area contributed by atoms with Crippen LogP contribution in [0.15, 0.2) is 11.1 Å². The molecule has 0 aromatic carbocycles. The van der Waals surface area contributed by atoms with Crippen molar-refractivity contribution in [3.63, 3.8) is 0 Å². The van der Waals surface area contributed by atoms with Crippen LogP contribution in [0.5, 0.6) is 0 Å². The molecule has 0 radical (unpaired) electrons. The molecule has 2 aromatic rings. The van der Waals surface area contributed by atoms with E-state index in [4.69, 9.17) is 0 Å². The molecule has 4 rings (SSSR count). The van der Waals surface area contributed by atoms with Gasteiger partial charge in [-0.3, -0.25) is 23.9 Å². The molecular weight excluding hydrogens is 426 g/mol. The van der Waals surface area contributed by atoms with Crippen LogP contribution in [0.4, 0.5) is 0 Å². The third kappa shape index (κ3) is 4.59.